The Bertz CT molecular complexity index is 383. The molecule has 1 saturated carbocycles. The van der Waals surface area contributed by atoms with Crippen LogP contribution in [0.5, 0.6) is 0 Å². The van der Waals surface area contributed by atoms with E-state index in [0.29, 0.717) is 18.4 Å². The van der Waals surface area contributed by atoms with Crippen molar-refractivity contribution in [2.75, 3.05) is 13.7 Å². The average Bonchev–Trinajstić information content (AvgIpc) is 2.48. The summed E-state index contributed by atoms with van der Waals surface area (Å²) in [5.41, 5.74) is 1.47. The van der Waals surface area contributed by atoms with Crippen molar-refractivity contribution in [3.05, 3.63) is 35.9 Å². The second kappa shape index (κ2) is 7.29. The topological polar surface area (TPSA) is 38.3 Å². The van der Waals surface area contributed by atoms with Crippen LogP contribution in [-0.2, 0) is 9.53 Å². The zero-order chi connectivity index (χ0) is 13.5. The molecule has 0 spiro atoms. The molecule has 1 aliphatic rings. The van der Waals surface area contributed by atoms with Crippen molar-refractivity contribution in [3.8, 4) is 0 Å². The number of carbonyl (C=O) groups excluding carboxylic acids is 1. The molecule has 0 heterocycles. The van der Waals surface area contributed by atoms with Gasteiger partial charge in [-0.25, -0.2) is 0 Å². The predicted octanol–water partition coefficient (Wildman–Crippen LogP) is 2.87. The van der Waals surface area contributed by atoms with Gasteiger partial charge in [-0.3, -0.25) is 4.79 Å². The van der Waals surface area contributed by atoms with Gasteiger partial charge in [0.2, 0.25) is 0 Å². The number of nitrogens with one attached hydrogen (secondary N) is 1. The fourth-order valence-corrected chi connectivity index (χ4v) is 2.84. The van der Waals surface area contributed by atoms with E-state index in [9.17, 15) is 4.79 Å². The van der Waals surface area contributed by atoms with Crippen LogP contribution in [0.25, 0.3) is 0 Å². The minimum atomic E-state index is -0.134. The first-order chi connectivity index (χ1) is 9.29. The van der Waals surface area contributed by atoms with Crippen LogP contribution >= 0.6 is 0 Å². The van der Waals surface area contributed by atoms with Crippen LogP contribution in [0, 0.1) is 0 Å². The summed E-state index contributed by atoms with van der Waals surface area (Å²) in [5, 5.41) is 3.46. The molecule has 1 N–H and O–H groups in total. The minimum absolute atomic E-state index is 0.134. The fraction of sp³-hybridized carbons (Fsp3) is 0.562. The van der Waals surface area contributed by atoms with Gasteiger partial charge in [-0.1, -0.05) is 30.3 Å². The third kappa shape index (κ3) is 4.35. The van der Waals surface area contributed by atoms with E-state index < -0.39 is 0 Å². The SMILES string of the molecule is COC(=O)CCNC1CCC(c2ccccc2)CC1. The normalized spacial score (nSPS) is 23.0. The highest BCUT2D eigenvalue weighted by Crippen LogP contribution is 2.32. The lowest BCUT2D eigenvalue weighted by molar-refractivity contribution is -0.140. The molecule has 104 valence electrons. The molecule has 0 amide bonds. The molecular weight excluding hydrogens is 238 g/mol. The number of methoxy groups -OCH3 is 1. The standard InChI is InChI=1S/C16H23NO2/c1-19-16(18)11-12-17-15-9-7-14(8-10-15)13-5-3-2-4-6-13/h2-6,14-15,17H,7-12H2,1H3. The van der Waals surface area contributed by atoms with Crippen molar-refractivity contribution in [1.29, 1.82) is 0 Å². The molecule has 0 aliphatic heterocycles. The molecule has 0 unspecified atom stereocenters. The van der Waals surface area contributed by atoms with Crippen LogP contribution < -0.4 is 5.32 Å². The number of esters is 1. The fourth-order valence-electron chi connectivity index (χ4n) is 2.84. The highest BCUT2D eigenvalue weighted by molar-refractivity contribution is 5.69. The summed E-state index contributed by atoms with van der Waals surface area (Å²) in [4.78, 5) is 11.0. The number of hydrogen-bond donors (Lipinski definition) is 1. The Labute approximate surface area is 115 Å². The molecule has 0 bridgehead atoms. The van der Waals surface area contributed by atoms with E-state index >= 15 is 0 Å². The van der Waals surface area contributed by atoms with E-state index in [1.807, 2.05) is 0 Å². The smallest absolute Gasteiger partial charge is 0.306 e. The van der Waals surface area contributed by atoms with Gasteiger partial charge in [0.05, 0.1) is 13.5 Å². The van der Waals surface area contributed by atoms with E-state index in [2.05, 4.69) is 40.4 Å². The Hall–Kier alpha value is -1.35. The second-order valence-electron chi connectivity index (χ2n) is 5.24. The summed E-state index contributed by atoms with van der Waals surface area (Å²) in [5.74, 6) is 0.574. The van der Waals surface area contributed by atoms with E-state index in [0.717, 1.165) is 6.54 Å². The zero-order valence-electron chi connectivity index (χ0n) is 11.6. The third-order valence-corrected chi connectivity index (χ3v) is 3.99. The van der Waals surface area contributed by atoms with Gasteiger partial charge in [0, 0.05) is 12.6 Å². The maximum atomic E-state index is 11.0. The molecule has 1 aromatic carbocycles. The van der Waals surface area contributed by atoms with Crippen molar-refractivity contribution < 1.29 is 9.53 Å². The Kier molecular flexibility index (Phi) is 5.40. The number of carbonyl (C=O) groups is 1. The summed E-state index contributed by atoms with van der Waals surface area (Å²) in [6.07, 6.45) is 5.33. The maximum absolute atomic E-state index is 11.0. The molecule has 1 aromatic rings. The predicted molar refractivity (Wildman–Crippen MR) is 76.1 cm³/mol. The van der Waals surface area contributed by atoms with Crippen molar-refractivity contribution in [1.82, 2.24) is 5.32 Å². The van der Waals surface area contributed by atoms with Gasteiger partial charge in [-0.05, 0) is 37.2 Å². The van der Waals surface area contributed by atoms with Gasteiger partial charge in [0.25, 0.3) is 0 Å². The Morgan fingerprint density at radius 2 is 1.89 bits per heavy atom. The molecule has 3 heteroatoms. The largest absolute Gasteiger partial charge is 0.469 e. The summed E-state index contributed by atoms with van der Waals surface area (Å²) in [7, 11) is 1.44. The van der Waals surface area contributed by atoms with Crippen molar-refractivity contribution in [3.63, 3.8) is 0 Å². The summed E-state index contributed by atoms with van der Waals surface area (Å²) in [6, 6.07) is 11.3. The number of rotatable bonds is 5. The molecule has 19 heavy (non-hydrogen) atoms. The van der Waals surface area contributed by atoms with Crippen LogP contribution in [0.3, 0.4) is 0 Å². The Morgan fingerprint density at radius 3 is 2.53 bits per heavy atom. The zero-order valence-corrected chi connectivity index (χ0v) is 11.6. The minimum Gasteiger partial charge on any atom is -0.469 e. The number of hydrogen-bond acceptors (Lipinski definition) is 3. The quantitative estimate of drug-likeness (QED) is 0.828. The highest BCUT2D eigenvalue weighted by atomic mass is 16.5. The molecule has 0 aromatic heterocycles. The van der Waals surface area contributed by atoms with E-state index in [1.54, 1.807) is 0 Å². The van der Waals surface area contributed by atoms with E-state index in [-0.39, 0.29) is 5.97 Å². The monoisotopic (exact) mass is 261 g/mol. The Morgan fingerprint density at radius 1 is 1.21 bits per heavy atom. The molecule has 3 nitrogen and oxygen atoms in total. The van der Waals surface area contributed by atoms with Crippen LogP contribution in [0.2, 0.25) is 0 Å². The van der Waals surface area contributed by atoms with Crippen LogP contribution in [0.1, 0.15) is 43.6 Å². The van der Waals surface area contributed by atoms with Crippen molar-refractivity contribution in [2.45, 2.75) is 44.1 Å². The van der Waals surface area contributed by atoms with Crippen LogP contribution in [0.15, 0.2) is 30.3 Å². The molecular formula is C16H23NO2. The maximum Gasteiger partial charge on any atom is 0.306 e. The molecule has 2 rings (SSSR count). The molecule has 1 fully saturated rings. The summed E-state index contributed by atoms with van der Waals surface area (Å²) < 4.78 is 4.64. The lowest BCUT2D eigenvalue weighted by Crippen LogP contribution is -2.34. The lowest BCUT2D eigenvalue weighted by Gasteiger charge is -2.29. The number of benzene rings is 1. The van der Waals surface area contributed by atoms with E-state index in [4.69, 9.17) is 0 Å². The average molecular weight is 261 g/mol. The summed E-state index contributed by atoms with van der Waals surface area (Å²) in [6.45, 7) is 0.730. The number of ether oxygens (including phenoxy) is 1. The van der Waals surface area contributed by atoms with Gasteiger partial charge < -0.3 is 10.1 Å². The molecule has 0 saturated heterocycles. The van der Waals surface area contributed by atoms with Gasteiger partial charge >= 0.3 is 5.97 Å². The molecule has 0 atom stereocenters. The first kappa shape index (κ1) is 14.1. The van der Waals surface area contributed by atoms with Crippen molar-refractivity contribution >= 4 is 5.97 Å². The van der Waals surface area contributed by atoms with Gasteiger partial charge in [0.15, 0.2) is 0 Å². The highest BCUT2D eigenvalue weighted by Gasteiger charge is 2.21. The van der Waals surface area contributed by atoms with Crippen molar-refractivity contribution in [2.24, 2.45) is 0 Å². The lowest BCUT2D eigenvalue weighted by atomic mass is 9.82. The van der Waals surface area contributed by atoms with Crippen LogP contribution in [-0.4, -0.2) is 25.7 Å². The van der Waals surface area contributed by atoms with Gasteiger partial charge in [-0.2, -0.15) is 0 Å². The van der Waals surface area contributed by atoms with Crippen LogP contribution in [0.4, 0.5) is 0 Å². The molecule has 0 radical (unpaired) electrons. The van der Waals surface area contributed by atoms with Gasteiger partial charge in [0.1, 0.15) is 0 Å². The van der Waals surface area contributed by atoms with Gasteiger partial charge in [-0.15, -0.1) is 0 Å². The summed E-state index contributed by atoms with van der Waals surface area (Å²) >= 11 is 0. The first-order valence-corrected chi connectivity index (χ1v) is 7.14. The third-order valence-electron chi connectivity index (χ3n) is 3.99. The Balaban J connectivity index is 1.69. The van der Waals surface area contributed by atoms with E-state index in [1.165, 1.54) is 38.4 Å². The molecule has 1 aliphatic carbocycles. The first-order valence-electron chi connectivity index (χ1n) is 7.14. The second-order valence-corrected chi connectivity index (χ2v) is 5.24.